The molecule has 1 aliphatic carbocycles. The number of carbonyl (C=O) groups excluding carboxylic acids is 1. The van der Waals surface area contributed by atoms with Gasteiger partial charge >= 0.3 is 5.97 Å². The minimum absolute atomic E-state index is 0.0432. The molecule has 0 aromatic rings. The lowest BCUT2D eigenvalue weighted by Crippen LogP contribution is -2.48. The van der Waals surface area contributed by atoms with Crippen LogP contribution in [0.2, 0.25) is 0 Å². The molecule has 0 aromatic heterocycles. The molecule has 2 fully saturated rings. The zero-order valence-electron chi connectivity index (χ0n) is 12.4. The zero-order chi connectivity index (χ0) is 14.4. The predicted octanol–water partition coefficient (Wildman–Crippen LogP) is 2.47. The fraction of sp³-hybridized carbons (Fsp3) is 0.867. The monoisotopic (exact) mass is 298 g/mol. The van der Waals surface area contributed by atoms with Crippen molar-refractivity contribution in [2.45, 2.75) is 57.9 Å². The first-order chi connectivity index (χ1) is 9.70. The van der Waals surface area contributed by atoms with Crippen LogP contribution in [0, 0.1) is 5.92 Å². The molecule has 0 radical (unpaired) electrons. The van der Waals surface area contributed by atoms with Crippen LogP contribution in [0.4, 0.5) is 0 Å². The standard InChI is InChI=1S/C15H26N2O2S/c1-2-19-14(18)12-8-10-17(11-9-12)15(20)16-13-6-4-3-5-7-13/h12-13H,2-11H2,1H3,(H,16,20). The molecule has 20 heavy (non-hydrogen) atoms. The second-order valence-electron chi connectivity index (χ2n) is 5.80. The number of hydrogen-bond acceptors (Lipinski definition) is 3. The van der Waals surface area contributed by atoms with E-state index in [1.54, 1.807) is 0 Å². The molecule has 1 N–H and O–H groups in total. The molecule has 1 aliphatic heterocycles. The van der Waals surface area contributed by atoms with Crippen molar-refractivity contribution < 1.29 is 9.53 Å². The third kappa shape index (κ3) is 4.33. The van der Waals surface area contributed by atoms with Gasteiger partial charge in [0.05, 0.1) is 12.5 Å². The van der Waals surface area contributed by atoms with E-state index in [2.05, 4.69) is 10.2 Å². The molecule has 0 atom stereocenters. The van der Waals surface area contributed by atoms with E-state index >= 15 is 0 Å². The summed E-state index contributed by atoms with van der Waals surface area (Å²) in [5.41, 5.74) is 0. The predicted molar refractivity (Wildman–Crippen MR) is 83.5 cm³/mol. The molecule has 114 valence electrons. The van der Waals surface area contributed by atoms with Gasteiger partial charge in [-0.05, 0) is 44.8 Å². The van der Waals surface area contributed by atoms with Crippen LogP contribution in [-0.2, 0) is 9.53 Å². The summed E-state index contributed by atoms with van der Waals surface area (Å²) >= 11 is 5.51. The number of rotatable bonds is 3. The Kier molecular flexibility index (Phi) is 6.07. The minimum Gasteiger partial charge on any atom is -0.466 e. The molecule has 1 saturated carbocycles. The summed E-state index contributed by atoms with van der Waals surface area (Å²) in [4.78, 5) is 13.9. The maximum atomic E-state index is 11.7. The Bertz CT molecular complexity index is 335. The molecule has 2 aliphatic rings. The summed E-state index contributed by atoms with van der Waals surface area (Å²) in [6.45, 7) is 4.06. The number of hydrogen-bond donors (Lipinski definition) is 1. The van der Waals surface area contributed by atoms with E-state index in [1.807, 2.05) is 6.92 Å². The van der Waals surface area contributed by atoms with Gasteiger partial charge in [-0.2, -0.15) is 0 Å². The molecule has 0 aromatic carbocycles. The normalized spacial score (nSPS) is 21.6. The van der Waals surface area contributed by atoms with Crippen molar-refractivity contribution in [1.29, 1.82) is 0 Å². The van der Waals surface area contributed by atoms with E-state index in [-0.39, 0.29) is 11.9 Å². The van der Waals surface area contributed by atoms with Gasteiger partial charge in [-0.1, -0.05) is 19.3 Å². The summed E-state index contributed by atoms with van der Waals surface area (Å²) in [5.74, 6) is 0.0157. The number of nitrogens with zero attached hydrogens (tertiary/aromatic N) is 1. The van der Waals surface area contributed by atoms with Crippen molar-refractivity contribution in [2.24, 2.45) is 5.92 Å². The average molecular weight is 298 g/mol. The second-order valence-corrected chi connectivity index (χ2v) is 6.18. The van der Waals surface area contributed by atoms with Crippen molar-refractivity contribution in [2.75, 3.05) is 19.7 Å². The van der Waals surface area contributed by atoms with Crippen LogP contribution in [-0.4, -0.2) is 41.7 Å². The maximum Gasteiger partial charge on any atom is 0.309 e. The molecular formula is C15H26N2O2S. The van der Waals surface area contributed by atoms with Gasteiger partial charge in [-0.25, -0.2) is 0 Å². The first kappa shape index (κ1) is 15.5. The molecule has 2 rings (SSSR count). The van der Waals surface area contributed by atoms with Crippen LogP contribution in [0.5, 0.6) is 0 Å². The van der Waals surface area contributed by atoms with Crippen molar-refractivity contribution >= 4 is 23.3 Å². The van der Waals surface area contributed by atoms with Gasteiger partial charge in [0.25, 0.3) is 0 Å². The SMILES string of the molecule is CCOC(=O)C1CCN(C(=S)NC2CCCCC2)CC1. The molecule has 1 heterocycles. The highest BCUT2D eigenvalue weighted by atomic mass is 32.1. The fourth-order valence-electron chi connectivity index (χ4n) is 3.09. The highest BCUT2D eigenvalue weighted by Crippen LogP contribution is 2.21. The molecule has 0 spiro atoms. The molecule has 1 saturated heterocycles. The first-order valence-corrected chi connectivity index (χ1v) is 8.33. The lowest BCUT2D eigenvalue weighted by atomic mass is 9.95. The third-order valence-corrected chi connectivity index (χ3v) is 4.71. The summed E-state index contributed by atoms with van der Waals surface area (Å²) in [5, 5.41) is 4.37. The van der Waals surface area contributed by atoms with Crippen LogP contribution >= 0.6 is 12.2 Å². The van der Waals surface area contributed by atoms with Crippen LogP contribution < -0.4 is 5.32 Å². The van der Waals surface area contributed by atoms with E-state index in [0.717, 1.165) is 31.0 Å². The Hall–Kier alpha value is -0.840. The number of piperidine rings is 1. The lowest BCUT2D eigenvalue weighted by Gasteiger charge is -2.35. The maximum absolute atomic E-state index is 11.7. The minimum atomic E-state index is -0.0432. The molecule has 4 nitrogen and oxygen atoms in total. The Morgan fingerprint density at radius 2 is 1.85 bits per heavy atom. The van der Waals surface area contributed by atoms with Crippen molar-refractivity contribution in [3.05, 3.63) is 0 Å². The Labute approximate surface area is 127 Å². The summed E-state index contributed by atoms with van der Waals surface area (Å²) in [7, 11) is 0. The number of esters is 1. The van der Waals surface area contributed by atoms with Crippen LogP contribution in [0.3, 0.4) is 0 Å². The summed E-state index contributed by atoms with van der Waals surface area (Å²) in [6.07, 6.45) is 8.15. The van der Waals surface area contributed by atoms with Gasteiger partial charge in [0.2, 0.25) is 0 Å². The molecule has 0 unspecified atom stereocenters. The Balaban J connectivity index is 1.72. The Morgan fingerprint density at radius 1 is 1.20 bits per heavy atom. The number of ether oxygens (including phenoxy) is 1. The van der Waals surface area contributed by atoms with Gasteiger partial charge in [-0.3, -0.25) is 4.79 Å². The quantitative estimate of drug-likeness (QED) is 0.640. The van der Waals surface area contributed by atoms with Gasteiger partial charge in [-0.15, -0.1) is 0 Å². The molecule has 0 amide bonds. The lowest BCUT2D eigenvalue weighted by molar-refractivity contribution is -0.149. The van der Waals surface area contributed by atoms with Gasteiger partial charge < -0.3 is 15.0 Å². The highest BCUT2D eigenvalue weighted by molar-refractivity contribution is 7.80. The van der Waals surface area contributed by atoms with Crippen LogP contribution in [0.15, 0.2) is 0 Å². The number of carbonyl (C=O) groups is 1. The molecular weight excluding hydrogens is 272 g/mol. The van der Waals surface area contributed by atoms with Crippen LogP contribution in [0.1, 0.15) is 51.9 Å². The highest BCUT2D eigenvalue weighted by Gasteiger charge is 2.27. The van der Waals surface area contributed by atoms with E-state index in [4.69, 9.17) is 17.0 Å². The summed E-state index contributed by atoms with van der Waals surface area (Å²) < 4.78 is 5.09. The van der Waals surface area contributed by atoms with Crippen molar-refractivity contribution in [3.63, 3.8) is 0 Å². The second kappa shape index (κ2) is 7.81. The van der Waals surface area contributed by atoms with Crippen LogP contribution in [0.25, 0.3) is 0 Å². The summed E-state index contributed by atoms with van der Waals surface area (Å²) in [6, 6.07) is 0.555. The van der Waals surface area contributed by atoms with E-state index < -0.39 is 0 Å². The van der Waals surface area contributed by atoms with Gasteiger partial charge in [0, 0.05) is 19.1 Å². The fourth-order valence-corrected chi connectivity index (χ4v) is 3.44. The number of likely N-dealkylation sites (tertiary alicyclic amines) is 1. The first-order valence-electron chi connectivity index (χ1n) is 7.92. The largest absolute Gasteiger partial charge is 0.466 e. The Morgan fingerprint density at radius 3 is 2.45 bits per heavy atom. The van der Waals surface area contributed by atoms with Crippen molar-refractivity contribution in [1.82, 2.24) is 10.2 Å². The van der Waals surface area contributed by atoms with E-state index in [1.165, 1.54) is 32.1 Å². The third-order valence-electron chi connectivity index (χ3n) is 4.33. The van der Waals surface area contributed by atoms with Gasteiger partial charge in [0.15, 0.2) is 5.11 Å². The number of thiocarbonyl (C=S) groups is 1. The molecule has 0 bridgehead atoms. The van der Waals surface area contributed by atoms with Crippen molar-refractivity contribution in [3.8, 4) is 0 Å². The number of nitrogens with one attached hydrogen (secondary N) is 1. The van der Waals surface area contributed by atoms with Gasteiger partial charge in [0.1, 0.15) is 0 Å². The topological polar surface area (TPSA) is 41.6 Å². The molecule has 5 heteroatoms. The zero-order valence-corrected chi connectivity index (χ0v) is 13.2. The average Bonchev–Trinajstić information content (AvgIpc) is 2.48. The van der Waals surface area contributed by atoms with E-state index in [0.29, 0.717) is 12.6 Å². The smallest absolute Gasteiger partial charge is 0.309 e. The van der Waals surface area contributed by atoms with E-state index in [9.17, 15) is 4.79 Å².